The van der Waals surface area contributed by atoms with Gasteiger partial charge >= 0.3 is 0 Å². The maximum atomic E-state index is 13.9. The van der Waals surface area contributed by atoms with Gasteiger partial charge in [-0.15, -0.1) is 0 Å². The highest BCUT2D eigenvalue weighted by Gasteiger charge is 2.16. The summed E-state index contributed by atoms with van der Waals surface area (Å²) < 4.78 is 40.0. The maximum Gasteiger partial charge on any atom is 0.130 e. The van der Waals surface area contributed by atoms with Gasteiger partial charge in [-0.2, -0.15) is 0 Å². The van der Waals surface area contributed by atoms with Gasteiger partial charge < -0.3 is 5.32 Å². The normalized spacial score (nSPS) is 12.4. The lowest BCUT2D eigenvalue weighted by Crippen LogP contribution is -2.24. The lowest BCUT2D eigenvalue weighted by molar-refractivity contribution is 0.501. The Morgan fingerprint density at radius 1 is 1.00 bits per heavy atom. The van der Waals surface area contributed by atoms with E-state index in [9.17, 15) is 13.2 Å². The summed E-state index contributed by atoms with van der Waals surface area (Å²) in [7, 11) is 0. The molecule has 0 radical (unpaired) electrons. The van der Waals surface area contributed by atoms with Crippen molar-refractivity contribution < 1.29 is 13.2 Å². The van der Waals surface area contributed by atoms with Crippen molar-refractivity contribution in [2.24, 2.45) is 0 Å². The summed E-state index contributed by atoms with van der Waals surface area (Å²) in [5, 5.41) is 3.14. The van der Waals surface area contributed by atoms with Gasteiger partial charge in [-0.3, -0.25) is 0 Å². The zero-order chi connectivity index (χ0) is 14.5. The Morgan fingerprint density at radius 2 is 1.75 bits per heavy atom. The topological polar surface area (TPSA) is 12.0 Å². The van der Waals surface area contributed by atoms with Crippen molar-refractivity contribution in [3.8, 4) is 0 Å². The van der Waals surface area contributed by atoms with E-state index in [1.54, 1.807) is 12.1 Å². The molecule has 20 heavy (non-hydrogen) atoms. The highest BCUT2D eigenvalue weighted by Crippen LogP contribution is 2.22. The molecule has 0 saturated carbocycles. The summed E-state index contributed by atoms with van der Waals surface area (Å²) >= 11 is 0. The van der Waals surface area contributed by atoms with Gasteiger partial charge in [0.1, 0.15) is 17.5 Å². The van der Waals surface area contributed by atoms with Crippen molar-refractivity contribution >= 4 is 0 Å². The van der Waals surface area contributed by atoms with E-state index in [1.165, 1.54) is 24.3 Å². The lowest BCUT2D eigenvalue weighted by Gasteiger charge is -2.19. The van der Waals surface area contributed by atoms with Gasteiger partial charge in [0.05, 0.1) is 0 Å². The third-order valence-corrected chi connectivity index (χ3v) is 3.12. The van der Waals surface area contributed by atoms with Crippen LogP contribution in [0.4, 0.5) is 13.2 Å². The molecule has 1 atom stereocenters. The molecule has 1 N–H and O–H groups in total. The monoisotopic (exact) mass is 279 g/mol. The van der Waals surface area contributed by atoms with Crippen molar-refractivity contribution in [3.63, 3.8) is 0 Å². The van der Waals surface area contributed by atoms with Crippen LogP contribution in [0.5, 0.6) is 0 Å². The molecule has 2 aromatic carbocycles. The van der Waals surface area contributed by atoms with Gasteiger partial charge in [0.15, 0.2) is 0 Å². The van der Waals surface area contributed by atoms with Gasteiger partial charge in [-0.25, -0.2) is 13.2 Å². The molecule has 0 aliphatic carbocycles. The van der Waals surface area contributed by atoms with E-state index in [-0.39, 0.29) is 11.9 Å². The zero-order valence-corrected chi connectivity index (χ0v) is 11.2. The largest absolute Gasteiger partial charge is 0.310 e. The Balaban J connectivity index is 2.26. The predicted molar refractivity (Wildman–Crippen MR) is 72.9 cm³/mol. The van der Waals surface area contributed by atoms with Crippen LogP contribution in [-0.4, -0.2) is 6.54 Å². The average Bonchev–Trinajstić information content (AvgIpc) is 2.38. The highest BCUT2D eigenvalue weighted by atomic mass is 19.1. The number of benzene rings is 2. The smallest absolute Gasteiger partial charge is 0.130 e. The van der Waals surface area contributed by atoms with E-state index in [2.05, 4.69) is 5.32 Å². The average molecular weight is 279 g/mol. The fraction of sp³-hybridized carbons (Fsp3) is 0.250. The fourth-order valence-electron chi connectivity index (χ4n) is 2.22. The van der Waals surface area contributed by atoms with E-state index in [1.807, 2.05) is 6.92 Å². The van der Waals surface area contributed by atoms with Crippen molar-refractivity contribution in [2.75, 3.05) is 6.54 Å². The van der Waals surface area contributed by atoms with Crippen LogP contribution in [0.15, 0.2) is 42.5 Å². The molecule has 106 valence electrons. The molecule has 2 aromatic rings. The Bertz CT molecular complexity index is 584. The third-order valence-electron chi connectivity index (χ3n) is 3.12. The molecule has 0 saturated heterocycles. The van der Waals surface area contributed by atoms with Crippen LogP contribution in [0.3, 0.4) is 0 Å². The van der Waals surface area contributed by atoms with Crippen LogP contribution in [0, 0.1) is 17.5 Å². The van der Waals surface area contributed by atoms with Crippen LogP contribution in [-0.2, 0) is 6.42 Å². The lowest BCUT2D eigenvalue weighted by atomic mass is 9.98. The van der Waals surface area contributed by atoms with Crippen LogP contribution < -0.4 is 5.32 Å². The Labute approximate surface area is 116 Å². The second kappa shape index (κ2) is 6.57. The number of rotatable bonds is 5. The minimum absolute atomic E-state index is 0.317. The summed E-state index contributed by atoms with van der Waals surface area (Å²) in [5.74, 6) is -1.52. The number of likely N-dealkylation sites (N-methyl/N-ethyl adjacent to an activating group) is 1. The van der Waals surface area contributed by atoms with E-state index in [0.717, 1.165) is 11.6 Å². The first-order valence-electron chi connectivity index (χ1n) is 6.53. The Kier molecular flexibility index (Phi) is 4.79. The minimum atomic E-state index is -0.604. The van der Waals surface area contributed by atoms with Crippen molar-refractivity contribution in [1.82, 2.24) is 5.32 Å². The first-order chi connectivity index (χ1) is 9.60. The van der Waals surface area contributed by atoms with E-state index < -0.39 is 11.6 Å². The summed E-state index contributed by atoms with van der Waals surface area (Å²) in [4.78, 5) is 0. The Morgan fingerprint density at radius 3 is 2.40 bits per heavy atom. The van der Waals surface area contributed by atoms with Crippen LogP contribution in [0.2, 0.25) is 0 Å². The standard InChI is InChI=1S/C16H16F3N/c1-2-20-16(9-11-4-3-5-12(17)8-11)14-7-6-13(18)10-15(14)19/h3-8,10,16,20H,2,9H2,1H3. The van der Waals surface area contributed by atoms with E-state index >= 15 is 0 Å². The molecular formula is C16H16F3N. The SMILES string of the molecule is CCNC(Cc1cccc(F)c1)c1ccc(F)cc1F. The van der Waals surface area contributed by atoms with Gasteiger partial charge in [-0.05, 0) is 36.7 Å². The molecule has 0 aliphatic heterocycles. The number of halogens is 3. The number of hydrogen-bond donors (Lipinski definition) is 1. The van der Waals surface area contributed by atoms with Gasteiger partial charge in [0.25, 0.3) is 0 Å². The second-order valence-electron chi connectivity index (χ2n) is 4.61. The van der Waals surface area contributed by atoms with E-state index in [0.29, 0.717) is 18.5 Å². The van der Waals surface area contributed by atoms with Gasteiger partial charge in [0, 0.05) is 17.7 Å². The van der Waals surface area contributed by atoms with E-state index in [4.69, 9.17) is 0 Å². The Hall–Kier alpha value is -1.81. The van der Waals surface area contributed by atoms with Crippen LogP contribution >= 0.6 is 0 Å². The predicted octanol–water partition coefficient (Wildman–Crippen LogP) is 4.00. The molecule has 1 nitrogen and oxygen atoms in total. The molecule has 0 bridgehead atoms. The minimum Gasteiger partial charge on any atom is -0.310 e. The quantitative estimate of drug-likeness (QED) is 0.872. The summed E-state index contributed by atoms with van der Waals surface area (Å²) in [6.07, 6.45) is 0.439. The maximum absolute atomic E-state index is 13.9. The summed E-state index contributed by atoms with van der Waals surface area (Å²) in [6.45, 7) is 2.54. The number of nitrogens with one attached hydrogen (secondary N) is 1. The molecule has 0 fully saturated rings. The van der Waals surface area contributed by atoms with Gasteiger partial charge in [0.2, 0.25) is 0 Å². The molecule has 2 rings (SSSR count). The van der Waals surface area contributed by atoms with Crippen molar-refractivity contribution in [2.45, 2.75) is 19.4 Å². The van der Waals surface area contributed by atoms with Crippen molar-refractivity contribution in [3.05, 3.63) is 71.0 Å². The zero-order valence-electron chi connectivity index (χ0n) is 11.2. The number of hydrogen-bond acceptors (Lipinski definition) is 1. The molecule has 0 heterocycles. The first-order valence-corrected chi connectivity index (χ1v) is 6.53. The third kappa shape index (κ3) is 3.61. The summed E-state index contributed by atoms with van der Waals surface area (Å²) in [5.41, 5.74) is 1.15. The molecule has 1 unspecified atom stereocenters. The molecule has 0 spiro atoms. The van der Waals surface area contributed by atoms with Crippen molar-refractivity contribution in [1.29, 1.82) is 0 Å². The second-order valence-corrected chi connectivity index (χ2v) is 4.61. The highest BCUT2D eigenvalue weighted by molar-refractivity contribution is 5.26. The van der Waals surface area contributed by atoms with Crippen LogP contribution in [0.1, 0.15) is 24.1 Å². The summed E-state index contributed by atoms with van der Waals surface area (Å²) in [6, 6.07) is 9.40. The first kappa shape index (κ1) is 14.6. The molecule has 0 aromatic heterocycles. The fourth-order valence-corrected chi connectivity index (χ4v) is 2.22. The molecule has 4 heteroatoms. The van der Waals surface area contributed by atoms with Gasteiger partial charge in [-0.1, -0.05) is 25.1 Å². The molecular weight excluding hydrogens is 263 g/mol. The van der Waals surface area contributed by atoms with Crippen LogP contribution in [0.25, 0.3) is 0 Å². The molecule has 0 aliphatic rings. The molecule has 0 amide bonds.